The Hall–Kier alpha value is -1.21. The molecule has 1 atom stereocenters. The summed E-state index contributed by atoms with van der Waals surface area (Å²) in [5.41, 5.74) is 1.10. The Balaban J connectivity index is 0.00000156. The molecule has 2 aliphatic heterocycles. The molecule has 8 heteroatoms. The van der Waals surface area contributed by atoms with Gasteiger partial charge < -0.3 is 24.6 Å². The van der Waals surface area contributed by atoms with Gasteiger partial charge in [0, 0.05) is 39.3 Å². The molecule has 1 aromatic rings. The highest BCUT2D eigenvalue weighted by Gasteiger charge is 2.25. The number of anilines is 1. The van der Waals surface area contributed by atoms with Gasteiger partial charge in [0.05, 0.1) is 31.9 Å². The van der Waals surface area contributed by atoms with Crippen LogP contribution < -0.4 is 15.0 Å². The van der Waals surface area contributed by atoms with Crippen LogP contribution in [0.2, 0.25) is 0 Å². The maximum Gasteiger partial charge on any atom is 0.225 e. The largest absolute Gasteiger partial charge is 0.495 e. The maximum atomic E-state index is 12.4. The van der Waals surface area contributed by atoms with Gasteiger partial charge in [-0.25, -0.2) is 0 Å². The highest BCUT2D eigenvalue weighted by molar-refractivity contribution is 5.85. The second-order valence-electron chi connectivity index (χ2n) is 5.94. The summed E-state index contributed by atoms with van der Waals surface area (Å²) in [5, 5.41) is 3.27. The third-order valence-electron chi connectivity index (χ3n) is 4.46. The molecule has 1 N–H and O–H groups in total. The van der Waals surface area contributed by atoms with E-state index in [0.717, 1.165) is 50.7 Å². The van der Waals surface area contributed by atoms with Crippen molar-refractivity contribution in [1.82, 2.24) is 10.2 Å². The molecule has 2 aliphatic rings. The molecule has 2 heterocycles. The third kappa shape index (κ3) is 5.64. The molecule has 142 valence electrons. The van der Waals surface area contributed by atoms with Crippen molar-refractivity contribution in [3.05, 3.63) is 24.3 Å². The standard InChI is InChI=1S/C17H25N3O3.2ClH/c1-22-16-5-3-2-4-15(16)19-7-9-20(10-8-19)17(21)12-14-13-18-6-11-23-14;;/h2-5,14,18H,6-13H2,1H3;2*1H. The summed E-state index contributed by atoms with van der Waals surface area (Å²) in [6.07, 6.45) is 0.491. The van der Waals surface area contributed by atoms with Gasteiger partial charge in [-0.05, 0) is 12.1 Å². The first kappa shape index (κ1) is 21.8. The van der Waals surface area contributed by atoms with Crippen molar-refractivity contribution in [2.45, 2.75) is 12.5 Å². The van der Waals surface area contributed by atoms with Gasteiger partial charge in [0.2, 0.25) is 5.91 Å². The summed E-state index contributed by atoms with van der Waals surface area (Å²) < 4.78 is 11.1. The Kier molecular flexibility index (Phi) is 9.35. The monoisotopic (exact) mass is 391 g/mol. The van der Waals surface area contributed by atoms with Crippen LogP contribution in [0.25, 0.3) is 0 Å². The van der Waals surface area contributed by atoms with Gasteiger partial charge in [0.25, 0.3) is 0 Å². The Bertz CT molecular complexity index is 534. The second kappa shape index (κ2) is 10.7. The lowest BCUT2D eigenvalue weighted by Gasteiger charge is -2.37. The zero-order valence-electron chi connectivity index (χ0n) is 14.5. The highest BCUT2D eigenvalue weighted by Crippen LogP contribution is 2.28. The van der Waals surface area contributed by atoms with Crippen molar-refractivity contribution in [2.75, 3.05) is 57.9 Å². The van der Waals surface area contributed by atoms with Crippen LogP contribution in [-0.4, -0.2) is 69.9 Å². The minimum absolute atomic E-state index is 0. The van der Waals surface area contributed by atoms with Crippen molar-refractivity contribution in [3.8, 4) is 5.75 Å². The maximum absolute atomic E-state index is 12.4. The molecule has 2 fully saturated rings. The number of amides is 1. The molecule has 1 aromatic carbocycles. The van der Waals surface area contributed by atoms with Crippen molar-refractivity contribution in [2.24, 2.45) is 0 Å². The molecule has 1 amide bonds. The predicted molar refractivity (Wildman–Crippen MR) is 104 cm³/mol. The van der Waals surface area contributed by atoms with Crippen molar-refractivity contribution in [3.63, 3.8) is 0 Å². The Morgan fingerprint density at radius 3 is 2.60 bits per heavy atom. The first-order valence-electron chi connectivity index (χ1n) is 8.26. The second-order valence-corrected chi connectivity index (χ2v) is 5.94. The van der Waals surface area contributed by atoms with Gasteiger partial charge in [0.15, 0.2) is 0 Å². The van der Waals surface area contributed by atoms with E-state index in [4.69, 9.17) is 9.47 Å². The molecular weight excluding hydrogens is 365 g/mol. The quantitative estimate of drug-likeness (QED) is 0.843. The fourth-order valence-corrected chi connectivity index (χ4v) is 3.16. The summed E-state index contributed by atoms with van der Waals surface area (Å²) in [4.78, 5) is 16.6. The minimum Gasteiger partial charge on any atom is -0.495 e. The van der Waals surface area contributed by atoms with Crippen LogP contribution in [0, 0.1) is 0 Å². The van der Waals surface area contributed by atoms with E-state index in [2.05, 4.69) is 16.3 Å². The number of nitrogens with zero attached hydrogens (tertiary/aromatic N) is 2. The Morgan fingerprint density at radius 1 is 1.24 bits per heavy atom. The van der Waals surface area contributed by atoms with Crippen LogP contribution in [0.1, 0.15) is 6.42 Å². The van der Waals surface area contributed by atoms with Crippen LogP contribution in [-0.2, 0) is 9.53 Å². The lowest BCUT2D eigenvalue weighted by molar-refractivity contribution is -0.135. The summed E-state index contributed by atoms with van der Waals surface area (Å²) >= 11 is 0. The van der Waals surface area contributed by atoms with Gasteiger partial charge in [-0.3, -0.25) is 4.79 Å². The van der Waals surface area contributed by atoms with E-state index in [-0.39, 0.29) is 36.8 Å². The van der Waals surface area contributed by atoms with Gasteiger partial charge in [-0.15, -0.1) is 24.8 Å². The Labute approximate surface area is 161 Å². The van der Waals surface area contributed by atoms with E-state index in [1.54, 1.807) is 7.11 Å². The molecule has 0 aromatic heterocycles. The SMILES string of the molecule is COc1ccccc1N1CCN(C(=O)CC2CNCCO2)CC1.Cl.Cl. The summed E-state index contributed by atoms with van der Waals surface area (Å²) in [5.74, 6) is 1.08. The molecule has 0 saturated carbocycles. The molecule has 3 rings (SSSR count). The van der Waals surface area contributed by atoms with E-state index in [0.29, 0.717) is 13.0 Å². The fraction of sp³-hybridized carbons (Fsp3) is 0.588. The molecule has 2 saturated heterocycles. The third-order valence-corrected chi connectivity index (χ3v) is 4.46. The average molecular weight is 392 g/mol. The van der Waals surface area contributed by atoms with Crippen LogP contribution >= 0.6 is 24.8 Å². The molecular formula is C17H27Cl2N3O3. The first-order chi connectivity index (χ1) is 11.3. The van der Waals surface area contributed by atoms with Crippen LogP contribution in [0.15, 0.2) is 24.3 Å². The molecule has 0 spiro atoms. The number of piperazine rings is 1. The van der Waals surface area contributed by atoms with Gasteiger partial charge >= 0.3 is 0 Å². The number of nitrogens with one attached hydrogen (secondary N) is 1. The number of carbonyl (C=O) groups excluding carboxylic acids is 1. The number of para-hydroxylation sites is 2. The smallest absolute Gasteiger partial charge is 0.225 e. The molecule has 0 aliphatic carbocycles. The molecule has 25 heavy (non-hydrogen) atoms. The summed E-state index contributed by atoms with van der Waals surface area (Å²) in [6, 6.07) is 8.03. The normalized spacial score (nSPS) is 20.3. The summed E-state index contributed by atoms with van der Waals surface area (Å²) in [7, 11) is 1.69. The predicted octanol–water partition coefficient (Wildman–Crippen LogP) is 1.57. The number of carbonyl (C=O) groups is 1. The summed E-state index contributed by atoms with van der Waals surface area (Å²) in [6.45, 7) is 5.49. The molecule has 1 unspecified atom stereocenters. The van der Waals surface area contributed by atoms with Gasteiger partial charge in [-0.2, -0.15) is 0 Å². The van der Waals surface area contributed by atoms with Crippen molar-refractivity contribution >= 4 is 36.4 Å². The van der Waals surface area contributed by atoms with Crippen molar-refractivity contribution in [1.29, 1.82) is 0 Å². The number of morpholine rings is 1. The van der Waals surface area contributed by atoms with E-state index in [1.807, 2.05) is 23.1 Å². The van der Waals surface area contributed by atoms with E-state index >= 15 is 0 Å². The number of methoxy groups -OCH3 is 1. The lowest BCUT2D eigenvalue weighted by Crippen LogP contribution is -2.50. The number of ether oxygens (including phenoxy) is 2. The average Bonchev–Trinajstić information content (AvgIpc) is 2.62. The number of benzene rings is 1. The zero-order chi connectivity index (χ0) is 16.1. The molecule has 0 radical (unpaired) electrons. The van der Waals surface area contributed by atoms with Gasteiger partial charge in [-0.1, -0.05) is 12.1 Å². The number of hydrogen-bond donors (Lipinski definition) is 1. The number of halogens is 2. The van der Waals surface area contributed by atoms with Crippen LogP contribution in [0.3, 0.4) is 0 Å². The van der Waals surface area contributed by atoms with Crippen molar-refractivity contribution < 1.29 is 14.3 Å². The minimum atomic E-state index is 0. The topological polar surface area (TPSA) is 54.0 Å². The van der Waals surface area contributed by atoms with E-state index in [1.165, 1.54) is 0 Å². The zero-order valence-corrected chi connectivity index (χ0v) is 16.1. The lowest BCUT2D eigenvalue weighted by atomic mass is 10.1. The highest BCUT2D eigenvalue weighted by atomic mass is 35.5. The fourth-order valence-electron chi connectivity index (χ4n) is 3.16. The Morgan fingerprint density at radius 2 is 1.96 bits per heavy atom. The van der Waals surface area contributed by atoms with Crippen LogP contribution in [0.5, 0.6) is 5.75 Å². The van der Waals surface area contributed by atoms with E-state index in [9.17, 15) is 4.79 Å². The number of hydrogen-bond acceptors (Lipinski definition) is 5. The first-order valence-corrected chi connectivity index (χ1v) is 8.26. The molecule has 0 bridgehead atoms. The van der Waals surface area contributed by atoms with Gasteiger partial charge in [0.1, 0.15) is 5.75 Å². The molecule has 6 nitrogen and oxygen atoms in total. The number of rotatable bonds is 4. The van der Waals surface area contributed by atoms with E-state index < -0.39 is 0 Å². The van der Waals surface area contributed by atoms with Crippen LogP contribution in [0.4, 0.5) is 5.69 Å².